The van der Waals surface area contributed by atoms with Crippen molar-refractivity contribution < 1.29 is 4.79 Å². The van der Waals surface area contributed by atoms with Gasteiger partial charge in [-0.05, 0) is 19.4 Å². The number of carbonyl (C=O) groups is 1. The smallest absolute Gasteiger partial charge is 0.239 e. The Labute approximate surface area is 147 Å². The highest BCUT2D eigenvalue weighted by Crippen LogP contribution is 2.29. The van der Waals surface area contributed by atoms with E-state index in [2.05, 4.69) is 25.7 Å². The predicted molar refractivity (Wildman–Crippen MR) is 95.0 cm³/mol. The number of nitrogens with zero attached hydrogens (tertiary/aromatic N) is 5. The van der Waals surface area contributed by atoms with E-state index in [1.165, 1.54) is 23.1 Å². The average molecular weight is 360 g/mol. The van der Waals surface area contributed by atoms with E-state index < -0.39 is 0 Å². The van der Waals surface area contributed by atoms with Gasteiger partial charge in [-0.25, -0.2) is 0 Å². The molecule has 1 unspecified atom stereocenters. The summed E-state index contributed by atoms with van der Waals surface area (Å²) in [7, 11) is 1.84. The molecule has 0 saturated carbocycles. The first-order valence-corrected chi connectivity index (χ1v) is 8.95. The molecule has 0 aliphatic carbocycles. The van der Waals surface area contributed by atoms with Crippen molar-refractivity contribution in [2.24, 2.45) is 7.05 Å². The van der Waals surface area contributed by atoms with E-state index in [0.717, 1.165) is 16.1 Å². The molecule has 0 bridgehead atoms. The fraction of sp³-hybridized carbons (Fsp3) is 0.267. The van der Waals surface area contributed by atoms with Crippen molar-refractivity contribution >= 4 is 34.1 Å². The fourth-order valence-corrected chi connectivity index (χ4v) is 3.62. The normalized spacial score (nSPS) is 12.1. The van der Waals surface area contributed by atoms with Crippen molar-refractivity contribution in [1.29, 1.82) is 0 Å². The molecule has 1 N–H and O–H groups in total. The Kier molecular flexibility index (Phi) is 4.91. The van der Waals surface area contributed by atoms with Crippen molar-refractivity contribution in [2.75, 3.05) is 5.32 Å². The van der Waals surface area contributed by atoms with Crippen LogP contribution < -0.4 is 5.32 Å². The van der Waals surface area contributed by atoms with Gasteiger partial charge in [0.15, 0.2) is 5.16 Å². The van der Waals surface area contributed by atoms with Gasteiger partial charge in [-0.2, -0.15) is 0 Å². The summed E-state index contributed by atoms with van der Waals surface area (Å²) in [5.41, 5.74) is 2.15. The number of carbonyl (C=O) groups excluding carboxylic acids is 1. The van der Waals surface area contributed by atoms with Gasteiger partial charge in [-0.15, -0.1) is 20.4 Å². The van der Waals surface area contributed by atoms with Gasteiger partial charge in [0.25, 0.3) is 0 Å². The maximum absolute atomic E-state index is 12.3. The van der Waals surface area contributed by atoms with Crippen molar-refractivity contribution in [2.45, 2.75) is 24.3 Å². The molecule has 0 fully saturated rings. The maximum Gasteiger partial charge on any atom is 0.239 e. The molecule has 7 nitrogen and oxygen atoms in total. The number of aryl methyl sites for hydroxylation is 2. The molecular formula is C15H16N6OS2. The number of thioether (sulfide) groups is 1. The first kappa shape index (κ1) is 16.6. The standard InChI is InChI=1S/C15H16N6OS2/c1-9-6-4-5-7-11(9)13-18-19-14(24-13)17-12(22)10(2)23-15-20-16-8-21(15)3/h4-8,10H,1-3H3,(H,17,19,22). The molecule has 0 aliphatic heterocycles. The highest BCUT2D eigenvalue weighted by Gasteiger charge is 2.19. The van der Waals surface area contributed by atoms with E-state index in [-0.39, 0.29) is 11.2 Å². The lowest BCUT2D eigenvalue weighted by atomic mass is 10.1. The Hall–Kier alpha value is -2.26. The number of anilines is 1. The minimum atomic E-state index is -0.321. The van der Waals surface area contributed by atoms with E-state index in [1.54, 1.807) is 10.9 Å². The number of nitrogens with one attached hydrogen (secondary N) is 1. The second kappa shape index (κ2) is 7.10. The number of aromatic nitrogens is 5. The summed E-state index contributed by atoms with van der Waals surface area (Å²) in [5, 5.41) is 20.5. The van der Waals surface area contributed by atoms with Gasteiger partial charge in [-0.3, -0.25) is 10.1 Å². The lowest BCUT2D eigenvalue weighted by molar-refractivity contribution is -0.115. The Morgan fingerprint density at radius 1 is 1.29 bits per heavy atom. The van der Waals surface area contributed by atoms with E-state index in [4.69, 9.17) is 0 Å². The summed E-state index contributed by atoms with van der Waals surface area (Å²) in [5.74, 6) is -0.143. The monoisotopic (exact) mass is 360 g/mol. The first-order valence-electron chi connectivity index (χ1n) is 7.25. The molecule has 0 spiro atoms. The molecule has 3 aromatic rings. The molecule has 0 radical (unpaired) electrons. The van der Waals surface area contributed by atoms with Crippen molar-refractivity contribution in [3.63, 3.8) is 0 Å². The van der Waals surface area contributed by atoms with Gasteiger partial charge in [0, 0.05) is 12.6 Å². The summed E-state index contributed by atoms with van der Waals surface area (Å²) < 4.78 is 1.77. The van der Waals surface area contributed by atoms with Crippen LogP contribution >= 0.6 is 23.1 Å². The molecule has 9 heteroatoms. The third-order valence-corrected chi connectivity index (χ3v) is 5.37. The van der Waals surface area contributed by atoms with E-state index in [1.807, 2.05) is 45.2 Å². The number of rotatable bonds is 5. The van der Waals surface area contributed by atoms with Crippen molar-refractivity contribution in [3.05, 3.63) is 36.2 Å². The fourth-order valence-electron chi connectivity index (χ4n) is 1.99. The number of amides is 1. The van der Waals surface area contributed by atoms with Crippen LogP contribution in [0.2, 0.25) is 0 Å². The van der Waals surface area contributed by atoms with Crippen LogP contribution in [0.4, 0.5) is 5.13 Å². The Morgan fingerprint density at radius 2 is 2.08 bits per heavy atom. The summed E-state index contributed by atoms with van der Waals surface area (Å²) >= 11 is 2.70. The number of benzene rings is 1. The zero-order valence-corrected chi connectivity index (χ0v) is 15.1. The molecule has 0 aliphatic rings. The second-order valence-corrected chi connectivity index (χ2v) is 7.49. The molecule has 3 rings (SSSR count). The molecule has 2 heterocycles. The summed E-state index contributed by atoms with van der Waals surface area (Å²) in [6, 6.07) is 7.96. The van der Waals surface area contributed by atoms with Crippen LogP contribution in [0, 0.1) is 6.92 Å². The third-order valence-electron chi connectivity index (χ3n) is 3.35. The molecule has 124 valence electrons. The molecule has 1 aromatic carbocycles. The largest absolute Gasteiger partial charge is 0.312 e. The molecule has 0 saturated heterocycles. The lowest BCUT2D eigenvalue weighted by Crippen LogP contribution is -2.22. The van der Waals surface area contributed by atoms with Crippen LogP contribution in [0.15, 0.2) is 35.7 Å². The van der Waals surface area contributed by atoms with Crippen LogP contribution in [-0.4, -0.2) is 36.1 Å². The van der Waals surface area contributed by atoms with Crippen molar-refractivity contribution in [1.82, 2.24) is 25.0 Å². The maximum atomic E-state index is 12.3. The van der Waals surface area contributed by atoms with Gasteiger partial charge >= 0.3 is 0 Å². The van der Waals surface area contributed by atoms with Gasteiger partial charge < -0.3 is 4.57 Å². The molecule has 2 aromatic heterocycles. The first-order chi connectivity index (χ1) is 11.5. The van der Waals surface area contributed by atoms with Crippen molar-refractivity contribution in [3.8, 4) is 10.6 Å². The molecule has 1 amide bonds. The quantitative estimate of drug-likeness (QED) is 0.704. The minimum absolute atomic E-state index is 0.143. The Morgan fingerprint density at radius 3 is 2.79 bits per heavy atom. The zero-order valence-electron chi connectivity index (χ0n) is 13.4. The second-order valence-electron chi connectivity index (χ2n) is 5.20. The van der Waals surface area contributed by atoms with Crippen LogP contribution in [-0.2, 0) is 11.8 Å². The summed E-state index contributed by atoms with van der Waals surface area (Å²) in [6.45, 7) is 3.84. The molecule has 24 heavy (non-hydrogen) atoms. The number of hydrogen-bond acceptors (Lipinski definition) is 7. The summed E-state index contributed by atoms with van der Waals surface area (Å²) in [4.78, 5) is 12.3. The van der Waals surface area contributed by atoms with Gasteiger partial charge in [0.05, 0.1) is 5.25 Å². The zero-order chi connectivity index (χ0) is 17.1. The van der Waals surface area contributed by atoms with Crippen LogP contribution in [0.25, 0.3) is 10.6 Å². The highest BCUT2D eigenvalue weighted by atomic mass is 32.2. The molecular weight excluding hydrogens is 344 g/mol. The SMILES string of the molecule is Cc1ccccc1-c1nnc(NC(=O)C(C)Sc2nncn2C)s1. The van der Waals surface area contributed by atoms with E-state index in [9.17, 15) is 4.79 Å². The predicted octanol–water partition coefficient (Wildman–Crippen LogP) is 2.76. The van der Waals surface area contributed by atoms with Crippen LogP contribution in [0.5, 0.6) is 0 Å². The molecule has 1 atom stereocenters. The van der Waals surface area contributed by atoms with Crippen LogP contribution in [0.3, 0.4) is 0 Å². The van der Waals surface area contributed by atoms with E-state index in [0.29, 0.717) is 10.3 Å². The Bertz CT molecular complexity index is 859. The Balaban J connectivity index is 1.67. The average Bonchev–Trinajstić information content (AvgIpc) is 3.17. The van der Waals surface area contributed by atoms with E-state index >= 15 is 0 Å². The highest BCUT2D eigenvalue weighted by molar-refractivity contribution is 8.00. The number of hydrogen-bond donors (Lipinski definition) is 1. The topological polar surface area (TPSA) is 85.6 Å². The minimum Gasteiger partial charge on any atom is -0.312 e. The summed E-state index contributed by atoms with van der Waals surface area (Å²) in [6.07, 6.45) is 1.60. The van der Waals surface area contributed by atoms with Gasteiger partial charge in [0.1, 0.15) is 11.3 Å². The third kappa shape index (κ3) is 3.62. The van der Waals surface area contributed by atoms with Crippen LogP contribution in [0.1, 0.15) is 12.5 Å². The van der Waals surface area contributed by atoms with Gasteiger partial charge in [0.2, 0.25) is 11.0 Å². The lowest BCUT2D eigenvalue weighted by Gasteiger charge is -2.08. The van der Waals surface area contributed by atoms with Gasteiger partial charge in [-0.1, -0.05) is 47.4 Å².